The van der Waals surface area contributed by atoms with Crippen LogP contribution in [0, 0.1) is 12.3 Å². The summed E-state index contributed by atoms with van der Waals surface area (Å²) in [7, 11) is 5.42. The highest BCUT2D eigenvalue weighted by Gasteiger charge is 2.42. The van der Waals surface area contributed by atoms with Gasteiger partial charge in [-0.15, -0.1) is 0 Å². The molecule has 158 valence electrons. The first-order chi connectivity index (χ1) is 13.5. The first-order valence-electron chi connectivity index (χ1n) is 10.3. The molecule has 0 saturated heterocycles. The van der Waals surface area contributed by atoms with Gasteiger partial charge < -0.3 is 24.4 Å². The van der Waals surface area contributed by atoms with E-state index in [1.54, 1.807) is 14.2 Å². The van der Waals surface area contributed by atoms with Gasteiger partial charge in [-0.25, -0.2) is 0 Å². The molecular weight excluding hydrogens is 354 g/mol. The lowest BCUT2D eigenvalue weighted by Crippen LogP contribution is -2.39. The monoisotopic (exact) mass is 391 g/mol. The molecule has 1 fully saturated rings. The molecule has 1 aromatic carbocycles. The molecule has 0 atom stereocenters. The SMILES string of the molecule is CCNC(=NCC1(CCOCC)CC1)N(C)Cc1cc(OC)c(OC)cc1C. The van der Waals surface area contributed by atoms with E-state index in [9.17, 15) is 0 Å². The van der Waals surface area contributed by atoms with E-state index < -0.39 is 0 Å². The molecule has 1 aliphatic rings. The predicted octanol–water partition coefficient (Wildman–Crippen LogP) is 3.62. The zero-order valence-corrected chi connectivity index (χ0v) is 18.4. The lowest BCUT2D eigenvalue weighted by molar-refractivity contribution is 0.129. The van der Waals surface area contributed by atoms with Crippen molar-refractivity contribution in [2.45, 2.75) is 46.6 Å². The molecule has 1 aromatic rings. The third-order valence-corrected chi connectivity index (χ3v) is 5.45. The molecule has 28 heavy (non-hydrogen) atoms. The van der Waals surface area contributed by atoms with Crippen molar-refractivity contribution in [1.29, 1.82) is 0 Å². The molecule has 0 unspecified atom stereocenters. The van der Waals surface area contributed by atoms with Gasteiger partial charge in [0.2, 0.25) is 0 Å². The van der Waals surface area contributed by atoms with E-state index in [0.717, 1.165) is 56.7 Å². The minimum Gasteiger partial charge on any atom is -0.493 e. The topological polar surface area (TPSA) is 55.3 Å². The van der Waals surface area contributed by atoms with Gasteiger partial charge >= 0.3 is 0 Å². The van der Waals surface area contributed by atoms with Crippen molar-refractivity contribution < 1.29 is 14.2 Å². The maximum absolute atomic E-state index is 5.55. The first kappa shape index (κ1) is 22.3. The van der Waals surface area contributed by atoms with Gasteiger partial charge in [-0.1, -0.05) is 0 Å². The van der Waals surface area contributed by atoms with Crippen molar-refractivity contribution in [2.75, 3.05) is 47.6 Å². The van der Waals surface area contributed by atoms with Crippen molar-refractivity contribution >= 4 is 5.96 Å². The smallest absolute Gasteiger partial charge is 0.193 e. The van der Waals surface area contributed by atoms with Crippen molar-refractivity contribution in [3.05, 3.63) is 23.3 Å². The minimum atomic E-state index is 0.343. The number of methoxy groups -OCH3 is 2. The highest BCUT2D eigenvalue weighted by molar-refractivity contribution is 5.79. The maximum Gasteiger partial charge on any atom is 0.193 e. The van der Waals surface area contributed by atoms with Gasteiger partial charge in [0.25, 0.3) is 0 Å². The summed E-state index contributed by atoms with van der Waals surface area (Å²) in [6.45, 7) is 10.3. The van der Waals surface area contributed by atoms with Crippen molar-refractivity contribution in [3.8, 4) is 11.5 Å². The Kier molecular flexibility index (Phi) is 8.42. The molecule has 0 amide bonds. The molecule has 0 heterocycles. The van der Waals surface area contributed by atoms with E-state index in [0.29, 0.717) is 5.41 Å². The first-order valence-corrected chi connectivity index (χ1v) is 10.3. The number of guanidine groups is 1. The fourth-order valence-corrected chi connectivity index (χ4v) is 3.33. The predicted molar refractivity (Wildman–Crippen MR) is 115 cm³/mol. The Hall–Kier alpha value is -1.95. The zero-order valence-electron chi connectivity index (χ0n) is 18.4. The lowest BCUT2D eigenvalue weighted by Gasteiger charge is -2.24. The number of nitrogens with zero attached hydrogens (tertiary/aromatic N) is 2. The Morgan fingerprint density at radius 2 is 1.86 bits per heavy atom. The fourth-order valence-electron chi connectivity index (χ4n) is 3.33. The van der Waals surface area contributed by atoms with E-state index in [1.165, 1.54) is 24.0 Å². The Morgan fingerprint density at radius 1 is 1.18 bits per heavy atom. The van der Waals surface area contributed by atoms with Crippen molar-refractivity contribution in [2.24, 2.45) is 10.4 Å². The second-order valence-corrected chi connectivity index (χ2v) is 7.61. The molecule has 0 aliphatic heterocycles. The molecule has 0 aromatic heterocycles. The zero-order chi connectivity index (χ0) is 20.6. The second-order valence-electron chi connectivity index (χ2n) is 7.61. The molecule has 6 nitrogen and oxygen atoms in total. The van der Waals surface area contributed by atoms with Crippen LogP contribution in [-0.2, 0) is 11.3 Å². The third kappa shape index (κ3) is 6.03. The van der Waals surface area contributed by atoms with Crippen molar-refractivity contribution in [1.82, 2.24) is 10.2 Å². The van der Waals surface area contributed by atoms with Gasteiger partial charge in [-0.2, -0.15) is 0 Å². The van der Waals surface area contributed by atoms with Crippen LogP contribution in [0.15, 0.2) is 17.1 Å². The van der Waals surface area contributed by atoms with Gasteiger partial charge in [0.15, 0.2) is 17.5 Å². The van der Waals surface area contributed by atoms with Gasteiger partial charge in [-0.05, 0) is 68.7 Å². The highest BCUT2D eigenvalue weighted by Crippen LogP contribution is 2.49. The molecule has 2 rings (SSSR count). The van der Waals surface area contributed by atoms with E-state index in [-0.39, 0.29) is 0 Å². The summed E-state index contributed by atoms with van der Waals surface area (Å²) in [6, 6.07) is 4.08. The third-order valence-electron chi connectivity index (χ3n) is 5.45. The van der Waals surface area contributed by atoms with Crippen LogP contribution in [-0.4, -0.2) is 58.4 Å². The largest absolute Gasteiger partial charge is 0.493 e. The average molecular weight is 392 g/mol. The van der Waals surface area contributed by atoms with E-state index in [2.05, 4.69) is 37.2 Å². The van der Waals surface area contributed by atoms with Gasteiger partial charge in [-0.3, -0.25) is 4.99 Å². The van der Waals surface area contributed by atoms with Crippen LogP contribution in [0.1, 0.15) is 44.2 Å². The number of ether oxygens (including phenoxy) is 3. The second kappa shape index (κ2) is 10.6. The normalized spacial score (nSPS) is 15.3. The Morgan fingerprint density at radius 3 is 2.43 bits per heavy atom. The maximum atomic E-state index is 5.55. The molecule has 0 spiro atoms. The average Bonchev–Trinajstić information content (AvgIpc) is 3.46. The number of benzene rings is 1. The minimum absolute atomic E-state index is 0.343. The number of hydrogen-bond acceptors (Lipinski definition) is 4. The van der Waals surface area contributed by atoms with E-state index >= 15 is 0 Å². The van der Waals surface area contributed by atoms with Gasteiger partial charge in [0.05, 0.1) is 14.2 Å². The summed E-state index contributed by atoms with van der Waals surface area (Å²) >= 11 is 0. The summed E-state index contributed by atoms with van der Waals surface area (Å²) < 4.78 is 16.4. The molecule has 0 bridgehead atoms. The Balaban J connectivity index is 2.07. The fraction of sp³-hybridized carbons (Fsp3) is 0.682. The van der Waals surface area contributed by atoms with Crippen LogP contribution < -0.4 is 14.8 Å². The Labute approximate surface area is 170 Å². The number of aliphatic imine (C=N–C) groups is 1. The molecule has 0 radical (unpaired) electrons. The summed E-state index contributed by atoms with van der Waals surface area (Å²) in [4.78, 5) is 7.13. The Bertz CT molecular complexity index is 657. The molecule has 1 aliphatic carbocycles. The van der Waals surface area contributed by atoms with Crippen molar-refractivity contribution in [3.63, 3.8) is 0 Å². The highest BCUT2D eigenvalue weighted by atomic mass is 16.5. The van der Waals surface area contributed by atoms with Crippen LogP contribution >= 0.6 is 0 Å². The summed E-state index contributed by atoms with van der Waals surface area (Å²) in [5, 5.41) is 3.43. The summed E-state index contributed by atoms with van der Waals surface area (Å²) in [5.74, 6) is 2.46. The molecule has 1 N–H and O–H groups in total. The summed E-state index contributed by atoms with van der Waals surface area (Å²) in [5.41, 5.74) is 2.72. The van der Waals surface area contributed by atoms with Crippen LogP contribution in [0.4, 0.5) is 0 Å². The standard InChI is InChI=1S/C22H37N3O3/c1-7-23-21(24-16-22(9-10-22)11-12-28-8-2)25(4)15-18-14-20(27-6)19(26-5)13-17(18)3/h13-14H,7-12,15-16H2,1-6H3,(H,23,24). The lowest BCUT2D eigenvalue weighted by atomic mass is 10.0. The number of aryl methyl sites for hydroxylation is 1. The molecule has 1 saturated carbocycles. The van der Waals surface area contributed by atoms with Gasteiger partial charge in [0.1, 0.15) is 0 Å². The number of nitrogens with one attached hydrogen (secondary N) is 1. The van der Waals surface area contributed by atoms with Crippen LogP contribution in [0.2, 0.25) is 0 Å². The molecular formula is C22H37N3O3. The number of hydrogen-bond donors (Lipinski definition) is 1. The van der Waals surface area contributed by atoms with Crippen LogP contribution in [0.25, 0.3) is 0 Å². The van der Waals surface area contributed by atoms with Gasteiger partial charge in [0, 0.05) is 39.9 Å². The molecule has 6 heteroatoms. The van der Waals surface area contributed by atoms with Crippen LogP contribution in [0.3, 0.4) is 0 Å². The number of rotatable bonds is 11. The van der Waals surface area contributed by atoms with E-state index in [1.807, 2.05) is 13.0 Å². The van der Waals surface area contributed by atoms with E-state index in [4.69, 9.17) is 19.2 Å². The quantitative estimate of drug-likeness (QED) is 0.355. The summed E-state index contributed by atoms with van der Waals surface area (Å²) in [6.07, 6.45) is 3.60. The van der Waals surface area contributed by atoms with Crippen LogP contribution in [0.5, 0.6) is 11.5 Å².